The summed E-state index contributed by atoms with van der Waals surface area (Å²) in [6, 6.07) is 7.59. The Bertz CT molecular complexity index is 547. The van der Waals surface area contributed by atoms with Gasteiger partial charge >= 0.3 is 5.97 Å². The lowest BCUT2D eigenvalue weighted by Gasteiger charge is -2.26. The minimum Gasteiger partial charge on any atom is -0.484 e. The summed E-state index contributed by atoms with van der Waals surface area (Å²) in [5.74, 6) is -0.254. The van der Waals surface area contributed by atoms with Crippen LogP contribution in [-0.4, -0.2) is 42.3 Å². The molecule has 1 fully saturated rings. The number of carboxylic acids is 1. The Morgan fingerprint density at radius 1 is 1.35 bits per heavy atom. The van der Waals surface area contributed by atoms with E-state index in [2.05, 4.69) is 19.2 Å². The van der Waals surface area contributed by atoms with Gasteiger partial charge in [0.2, 0.25) is 0 Å². The molecule has 6 nitrogen and oxygen atoms in total. The fourth-order valence-electron chi connectivity index (χ4n) is 2.61. The van der Waals surface area contributed by atoms with E-state index in [0.717, 1.165) is 0 Å². The maximum Gasteiger partial charge on any atom is 0.305 e. The highest BCUT2D eigenvalue weighted by atomic mass is 16.5. The summed E-state index contributed by atoms with van der Waals surface area (Å²) in [5.41, 5.74) is 0.374. The van der Waals surface area contributed by atoms with Crippen LogP contribution in [0.2, 0.25) is 0 Å². The quantitative estimate of drug-likeness (QED) is 0.801. The van der Waals surface area contributed by atoms with Crippen molar-refractivity contribution in [2.75, 3.05) is 19.8 Å². The molecule has 1 unspecified atom stereocenters. The first-order valence-electron chi connectivity index (χ1n) is 7.73. The first-order valence-corrected chi connectivity index (χ1v) is 7.73. The molecule has 1 heterocycles. The highest BCUT2D eigenvalue weighted by molar-refractivity contribution is 5.79. The lowest BCUT2D eigenvalue weighted by atomic mass is 9.94. The number of carbonyl (C=O) groups excluding carboxylic acids is 1. The Hall–Kier alpha value is -2.08. The van der Waals surface area contributed by atoms with Crippen molar-refractivity contribution in [2.24, 2.45) is 0 Å². The molecule has 2 N–H and O–H groups in total. The molecule has 2 rings (SSSR count). The number of rotatable bonds is 7. The second kappa shape index (κ2) is 7.46. The van der Waals surface area contributed by atoms with Crippen molar-refractivity contribution in [3.63, 3.8) is 0 Å². The summed E-state index contributed by atoms with van der Waals surface area (Å²) in [5, 5.41) is 11.7. The predicted molar refractivity (Wildman–Crippen MR) is 84.6 cm³/mol. The topological polar surface area (TPSA) is 84.9 Å². The number of carbonyl (C=O) groups is 2. The molecule has 126 valence electrons. The second-order valence-corrected chi connectivity index (χ2v) is 6.21. The summed E-state index contributed by atoms with van der Waals surface area (Å²) in [6.45, 7) is 4.73. The van der Waals surface area contributed by atoms with Crippen molar-refractivity contribution in [1.29, 1.82) is 0 Å². The number of amides is 1. The zero-order chi connectivity index (χ0) is 16.9. The van der Waals surface area contributed by atoms with Gasteiger partial charge in [0.05, 0.1) is 18.6 Å². The van der Waals surface area contributed by atoms with E-state index in [1.165, 1.54) is 5.56 Å². The maximum absolute atomic E-state index is 12.0. The van der Waals surface area contributed by atoms with Crippen LogP contribution in [0.4, 0.5) is 0 Å². The molecule has 0 saturated carbocycles. The summed E-state index contributed by atoms with van der Waals surface area (Å²) >= 11 is 0. The minimum absolute atomic E-state index is 0.150. The minimum atomic E-state index is -0.957. The van der Waals surface area contributed by atoms with Crippen molar-refractivity contribution in [3.8, 4) is 5.75 Å². The van der Waals surface area contributed by atoms with Crippen molar-refractivity contribution in [3.05, 3.63) is 29.8 Å². The van der Waals surface area contributed by atoms with Crippen molar-refractivity contribution < 1.29 is 24.2 Å². The number of carboxylic acid groups (broad SMARTS) is 1. The molecular weight excluding hydrogens is 298 g/mol. The highest BCUT2D eigenvalue weighted by Gasteiger charge is 2.38. The highest BCUT2D eigenvalue weighted by Crippen LogP contribution is 2.23. The van der Waals surface area contributed by atoms with Crippen LogP contribution in [0, 0.1) is 0 Å². The number of hydrogen-bond donors (Lipinski definition) is 2. The molecule has 1 aliphatic rings. The molecule has 0 bridgehead atoms. The molecule has 0 radical (unpaired) electrons. The lowest BCUT2D eigenvalue weighted by molar-refractivity contribution is -0.139. The van der Waals surface area contributed by atoms with Gasteiger partial charge in [-0.25, -0.2) is 0 Å². The van der Waals surface area contributed by atoms with Gasteiger partial charge in [-0.15, -0.1) is 0 Å². The van der Waals surface area contributed by atoms with Gasteiger partial charge in [0.25, 0.3) is 5.91 Å². The molecule has 1 saturated heterocycles. The Morgan fingerprint density at radius 3 is 2.57 bits per heavy atom. The van der Waals surface area contributed by atoms with E-state index >= 15 is 0 Å². The first kappa shape index (κ1) is 17.3. The summed E-state index contributed by atoms with van der Waals surface area (Å²) in [6.07, 6.45) is 0.343. The fraction of sp³-hybridized carbons (Fsp3) is 0.529. The van der Waals surface area contributed by atoms with Crippen LogP contribution >= 0.6 is 0 Å². The molecule has 0 aromatic heterocycles. The third-order valence-electron chi connectivity index (χ3n) is 3.91. The molecule has 1 amide bonds. The number of ether oxygens (including phenoxy) is 2. The SMILES string of the molecule is CC(C)c1ccc(OCC(=O)NC2(CC(=O)O)CCOC2)cc1. The number of aliphatic carboxylic acids is 1. The third kappa shape index (κ3) is 4.96. The third-order valence-corrected chi connectivity index (χ3v) is 3.91. The maximum atomic E-state index is 12.0. The van der Waals surface area contributed by atoms with E-state index in [1.54, 1.807) is 0 Å². The molecule has 0 aliphatic carbocycles. The number of hydrogen-bond acceptors (Lipinski definition) is 4. The zero-order valence-electron chi connectivity index (χ0n) is 13.5. The Labute approximate surface area is 135 Å². The largest absolute Gasteiger partial charge is 0.484 e. The summed E-state index contributed by atoms with van der Waals surface area (Å²) < 4.78 is 10.7. The molecule has 1 aromatic carbocycles. The fourth-order valence-corrected chi connectivity index (χ4v) is 2.61. The summed E-state index contributed by atoms with van der Waals surface area (Å²) in [7, 11) is 0. The lowest BCUT2D eigenvalue weighted by Crippen LogP contribution is -2.51. The van der Waals surface area contributed by atoms with Gasteiger partial charge in [0.1, 0.15) is 5.75 Å². The zero-order valence-corrected chi connectivity index (χ0v) is 13.5. The Morgan fingerprint density at radius 2 is 2.04 bits per heavy atom. The van der Waals surface area contributed by atoms with Gasteiger partial charge in [0.15, 0.2) is 6.61 Å². The van der Waals surface area contributed by atoms with E-state index in [4.69, 9.17) is 14.6 Å². The smallest absolute Gasteiger partial charge is 0.305 e. The van der Waals surface area contributed by atoms with Crippen LogP contribution in [0.1, 0.15) is 38.2 Å². The predicted octanol–water partition coefficient (Wildman–Crippen LogP) is 1.94. The van der Waals surface area contributed by atoms with Gasteiger partial charge < -0.3 is 19.9 Å². The van der Waals surface area contributed by atoms with E-state index < -0.39 is 11.5 Å². The number of nitrogens with one attached hydrogen (secondary N) is 1. The van der Waals surface area contributed by atoms with Crippen molar-refractivity contribution in [2.45, 2.75) is 38.1 Å². The van der Waals surface area contributed by atoms with Gasteiger partial charge in [0, 0.05) is 6.61 Å². The molecule has 23 heavy (non-hydrogen) atoms. The molecule has 0 spiro atoms. The first-order chi connectivity index (χ1) is 10.9. The van der Waals surface area contributed by atoms with Crippen LogP contribution < -0.4 is 10.1 Å². The van der Waals surface area contributed by atoms with Crippen LogP contribution in [0.3, 0.4) is 0 Å². The average Bonchev–Trinajstić information content (AvgIpc) is 2.92. The summed E-state index contributed by atoms with van der Waals surface area (Å²) in [4.78, 5) is 23.0. The normalized spacial score (nSPS) is 20.5. The van der Waals surface area contributed by atoms with Gasteiger partial charge in [-0.2, -0.15) is 0 Å². The van der Waals surface area contributed by atoms with Gasteiger partial charge in [-0.3, -0.25) is 9.59 Å². The van der Waals surface area contributed by atoms with Gasteiger partial charge in [-0.1, -0.05) is 26.0 Å². The second-order valence-electron chi connectivity index (χ2n) is 6.21. The molecular formula is C17H23NO5. The van der Waals surface area contributed by atoms with Crippen molar-refractivity contribution >= 4 is 11.9 Å². The van der Waals surface area contributed by atoms with E-state index in [1.807, 2.05) is 24.3 Å². The number of benzene rings is 1. The molecule has 6 heteroatoms. The van der Waals surface area contributed by atoms with Crippen LogP contribution in [0.25, 0.3) is 0 Å². The average molecular weight is 321 g/mol. The van der Waals surface area contributed by atoms with Crippen LogP contribution in [0.5, 0.6) is 5.75 Å². The van der Waals surface area contributed by atoms with E-state index in [-0.39, 0.29) is 25.5 Å². The van der Waals surface area contributed by atoms with Crippen LogP contribution in [0.15, 0.2) is 24.3 Å². The molecule has 1 aliphatic heterocycles. The standard InChI is InChI=1S/C17H23NO5/c1-12(2)13-3-5-14(6-4-13)23-10-15(19)18-17(9-16(20)21)7-8-22-11-17/h3-6,12H,7-11H2,1-2H3,(H,18,19)(H,20,21). The molecule has 1 aromatic rings. The van der Waals surface area contributed by atoms with Crippen molar-refractivity contribution in [1.82, 2.24) is 5.32 Å². The monoisotopic (exact) mass is 321 g/mol. The molecule has 1 atom stereocenters. The Kier molecular flexibility index (Phi) is 5.60. The van der Waals surface area contributed by atoms with E-state index in [9.17, 15) is 9.59 Å². The Balaban J connectivity index is 1.87. The van der Waals surface area contributed by atoms with Crippen LogP contribution in [-0.2, 0) is 14.3 Å². The van der Waals surface area contributed by atoms with Gasteiger partial charge in [-0.05, 0) is 30.0 Å². The van der Waals surface area contributed by atoms with E-state index in [0.29, 0.717) is 24.7 Å².